The number of imidazole rings is 1. The summed E-state index contributed by atoms with van der Waals surface area (Å²) >= 11 is 0. The van der Waals surface area contributed by atoms with E-state index in [0.29, 0.717) is 11.3 Å². The zero-order valence-corrected chi connectivity index (χ0v) is 16.4. The highest BCUT2D eigenvalue weighted by Crippen LogP contribution is 2.19. The molecule has 0 aliphatic carbocycles. The minimum absolute atomic E-state index is 0.265. The molecule has 0 saturated heterocycles. The molecule has 0 aromatic carbocycles. The molecule has 26 heavy (non-hydrogen) atoms. The van der Waals surface area contributed by atoms with Crippen LogP contribution in [0, 0.1) is 0 Å². The van der Waals surface area contributed by atoms with E-state index < -0.39 is 17.7 Å². The molecule has 0 saturated carbocycles. The molecule has 0 aliphatic heterocycles. The summed E-state index contributed by atoms with van der Waals surface area (Å²) in [4.78, 5) is 16.8. The lowest BCUT2D eigenvalue weighted by atomic mass is 10.2. The number of hydrogen-bond acceptors (Lipinski definition) is 5. The van der Waals surface area contributed by atoms with Gasteiger partial charge in [0.1, 0.15) is 5.60 Å². The molecule has 2 aromatic rings. The lowest BCUT2D eigenvalue weighted by Gasteiger charge is -2.26. The lowest BCUT2D eigenvalue weighted by Crippen LogP contribution is -2.38. The molecule has 2 aromatic heterocycles. The van der Waals surface area contributed by atoms with Crippen LogP contribution in [-0.4, -0.2) is 38.5 Å². The Morgan fingerprint density at radius 3 is 2.58 bits per heavy atom. The van der Waals surface area contributed by atoms with Gasteiger partial charge in [-0.05, 0) is 53.2 Å². The van der Waals surface area contributed by atoms with Crippen LogP contribution >= 0.6 is 0 Å². The molecule has 0 aliphatic rings. The van der Waals surface area contributed by atoms with Crippen molar-refractivity contribution in [3.8, 4) is 0 Å². The van der Waals surface area contributed by atoms with Gasteiger partial charge in [0, 0.05) is 0 Å². The van der Waals surface area contributed by atoms with E-state index in [1.54, 1.807) is 23.0 Å². The maximum absolute atomic E-state index is 12.2. The topological polar surface area (TPSA) is 77.8 Å². The Labute approximate surface area is 154 Å². The first-order valence-electron chi connectivity index (χ1n) is 8.58. The summed E-state index contributed by atoms with van der Waals surface area (Å²) in [5.74, 6) is 0. The van der Waals surface area contributed by atoms with E-state index in [0.717, 1.165) is 5.56 Å². The third kappa shape index (κ3) is 5.84. The normalized spacial score (nSPS) is 13.5. The van der Waals surface area contributed by atoms with Crippen LogP contribution in [-0.2, 0) is 9.47 Å². The van der Waals surface area contributed by atoms with Crippen molar-refractivity contribution in [2.75, 3.05) is 6.61 Å². The fraction of sp³-hybridized carbons (Fsp3) is 0.526. The maximum atomic E-state index is 12.2. The van der Waals surface area contributed by atoms with Crippen LogP contribution in [0.15, 0.2) is 25.0 Å². The lowest BCUT2D eigenvalue weighted by molar-refractivity contribution is -0.0179. The van der Waals surface area contributed by atoms with Gasteiger partial charge >= 0.3 is 6.09 Å². The number of amides is 1. The van der Waals surface area contributed by atoms with Crippen molar-refractivity contribution in [1.29, 1.82) is 0 Å². The summed E-state index contributed by atoms with van der Waals surface area (Å²) in [6, 6.07) is 1.41. The third-order valence-electron chi connectivity index (χ3n) is 3.33. The summed E-state index contributed by atoms with van der Waals surface area (Å²) in [6.07, 6.45) is 4.67. The first-order chi connectivity index (χ1) is 12.0. The molecular formula is C19H28N4O3. The maximum Gasteiger partial charge on any atom is 0.408 e. The van der Waals surface area contributed by atoms with Crippen molar-refractivity contribution in [3.05, 3.63) is 36.3 Å². The molecule has 1 atom stereocenters. The number of carbonyl (C=O) groups is 1. The van der Waals surface area contributed by atoms with Crippen molar-refractivity contribution in [3.63, 3.8) is 0 Å². The summed E-state index contributed by atoms with van der Waals surface area (Å²) in [7, 11) is 0. The summed E-state index contributed by atoms with van der Waals surface area (Å²) < 4.78 is 12.9. The van der Waals surface area contributed by atoms with Crippen LogP contribution in [0.1, 0.15) is 58.8 Å². The monoisotopic (exact) mass is 360 g/mol. The Bertz CT molecular complexity index is 784. The quantitative estimate of drug-likeness (QED) is 0.878. The Kier molecular flexibility index (Phi) is 5.71. The van der Waals surface area contributed by atoms with Gasteiger partial charge in [0.15, 0.2) is 5.65 Å². The van der Waals surface area contributed by atoms with Gasteiger partial charge in [0.05, 0.1) is 36.3 Å². The Hall–Kier alpha value is -2.41. The number of rotatable bonds is 5. The standard InChI is InChI=1S/C19H28N4O3/c1-8-13-9-16-21-14(11-23(16)20-10-13)15(12-25-18(2,3)4)22-17(24)26-19(5,6)7/h8-11,15H,1,12H2,2-7H3,(H,22,24)/t15-/m0/s1. The second-order valence-corrected chi connectivity index (χ2v) is 8.08. The van der Waals surface area contributed by atoms with Gasteiger partial charge in [0.25, 0.3) is 0 Å². The number of nitrogens with zero attached hydrogens (tertiary/aromatic N) is 3. The Morgan fingerprint density at radius 1 is 1.31 bits per heavy atom. The van der Waals surface area contributed by atoms with Crippen LogP contribution in [0.4, 0.5) is 4.79 Å². The van der Waals surface area contributed by atoms with E-state index in [1.165, 1.54) is 0 Å². The smallest absolute Gasteiger partial charge is 0.408 e. The van der Waals surface area contributed by atoms with E-state index in [4.69, 9.17) is 9.47 Å². The fourth-order valence-corrected chi connectivity index (χ4v) is 2.17. The second-order valence-electron chi connectivity index (χ2n) is 8.08. The van der Waals surface area contributed by atoms with Crippen LogP contribution in [0.25, 0.3) is 11.7 Å². The highest BCUT2D eigenvalue weighted by atomic mass is 16.6. The van der Waals surface area contributed by atoms with Gasteiger partial charge in [-0.3, -0.25) is 0 Å². The highest BCUT2D eigenvalue weighted by molar-refractivity contribution is 5.68. The molecule has 7 heteroatoms. The SMILES string of the molecule is C=Cc1cnn2cc([C@H](COC(C)(C)C)NC(=O)OC(C)(C)C)nc2c1. The average molecular weight is 360 g/mol. The van der Waals surface area contributed by atoms with Gasteiger partial charge < -0.3 is 14.8 Å². The third-order valence-corrected chi connectivity index (χ3v) is 3.33. The molecule has 2 heterocycles. The average Bonchev–Trinajstić information content (AvgIpc) is 2.91. The van der Waals surface area contributed by atoms with E-state index >= 15 is 0 Å². The largest absolute Gasteiger partial charge is 0.444 e. The molecule has 7 nitrogen and oxygen atoms in total. The van der Waals surface area contributed by atoms with E-state index in [2.05, 4.69) is 22.0 Å². The molecule has 0 bridgehead atoms. The number of hydrogen-bond donors (Lipinski definition) is 1. The predicted molar refractivity (Wildman–Crippen MR) is 101 cm³/mol. The number of alkyl carbamates (subject to hydrolysis) is 1. The van der Waals surface area contributed by atoms with Gasteiger partial charge in [0.2, 0.25) is 0 Å². The molecule has 1 amide bonds. The summed E-state index contributed by atoms with van der Waals surface area (Å²) in [5.41, 5.74) is 1.26. The minimum atomic E-state index is -0.584. The first-order valence-corrected chi connectivity index (χ1v) is 8.58. The van der Waals surface area contributed by atoms with Gasteiger partial charge in [-0.25, -0.2) is 14.3 Å². The number of carbonyl (C=O) groups excluding carboxylic acids is 1. The predicted octanol–water partition coefficient (Wildman–Crippen LogP) is 3.75. The van der Waals surface area contributed by atoms with Crippen LogP contribution < -0.4 is 5.32 Å². The van der Waals surface area contributed by atoms with E-state index in [-0.39, 0.29) is 12.2 Å². The summed E-state index contributed by atoms with van der Waals surface area (Å²) in [5, 5.41) is 7.14. The van der Waals surface area contributed by atoms with Crippen LogP contribution in [0.3, 0.4) is 0 Å². The Morgan fingerprint density at radius 2 is 2.00 bits per heavy atom. The molecule has 0 fully saturated rings. The van der Waals surface area contributed by atoms with Crippen molar-refractivity contribution in [2.45, 2.75) is 58.8 Å². The molecule has 0 unspecified atom stereocenters. The minimum Gasteiger partial charge on any atom is -0.444 e. The van der Waals surface area contributed by atoms with Gasteiger partial charge in [-0.15, -0.1) is 0 Å². The van der Waals surface area contributed by atoms with E-state index in [9.17, 15) is 4.79 Å². The van der Waals surface area contributed by atoms with Crippen molar-refractivity contribution in [2.24, 2.45) is 0 Å². The molecule has 2 rings (SSSR count). The molecule has 142 valence electrons. The second kappa shape index (κ2) is 7.45. The number of aromatic nitrogens is 3. The van der Waals surface area contributed by atoms with Crippen molar-refractivity contribution >= 4 is 17.8 Å². The van der Waals surface area contributed by atoms with Crippen LogP contribution in [0.2, 0.25) is 0 Å². The number of ether oxygens (including phenoxy) is 2. The van der Waals surface area contributed by atoms with Crippen molar-refractivity contribution in [1.82, 2.24) is 19.9 Å². The molecule has 0 radical (unpaired) electrons. The Balaban J connectivity index is 2.27. The van der Waals surface area contributed by atoms with Gasteiger partial charge in [-0.2, -0.15) is 5.10 Å². The highest BCUT2D eigenvalue weighted by Gasteiger charge is 2.24. The van der Waals surface area contributed by atoms with Crippen LogP contribution in [0.5, 0.6) is 0 Å². The van der Waals surface area contributed by atoms with E-state index in [1.807, 2.05) is 47.6 Å². The molecule has 1 N–H and O–H groups in total. The van der Waals surface area contributed by atoms with Crippen molar-refractivity contribution < 1.29 is 14.3 Å². The fourth-order valence-electron chi connectivity index (χ4n) is 2.17. The summed E-state index contributed by atoms with van der Waals surface area (Å²) in [6.45, 7) is 15.3. The first kappa shape index (κ1) is 19.9. The number of fused-ring (bicyclic) bond motifs is 1. The number of nitrogens with one attached hydrogen (secondary N) is 1. The molecular weight excluding hydrogens is 332 g/mol. The zero-order valence-electron chi connectivity index (χ0n) is 16.4. The zero-order chi connectivity index (χ0) is 19.5. The van der Waals surface area contributed by atoms with Gasteiger partial charge in [-0.1, -0.05) is 12.7 Å². The molecule has 0 spiro atoms.